The molecule has 28 heavy (non-hydrogen) atoms. The number of aromatic nitrogens is 2. The van der Waals surface area contributed by atoms with Crippen molar-refractivity contribution in [3.63, 3.8) is 0 Å². The Morgan fingerprint density at radius 1 is 1.29 bits per heavy atom. The summed E-state index contributed by atoms with van der Waals surface area (Å²) in [5.74, 6) is -1.00. The van der Waals surface area contributed by atoms with E-state index in [4.69, 9.17) is 11.6 Å². The summed E-state index contributed by atoms with van der Waals surface area (Å²) in [6.07, 6.45) is 3.82. The molecule has 1 heterocycles. The molecule has 0 aliphatic rings. The normalized spacial score (nSPS) is 12.0. The van der Waals surface area contributed by atoms with Crippen molar-refractivity contribution in [1.82, 2.24) is 9.78 Å². The molecule has 0 spiro atoms. The van der Waals surface area contributed by atoms with Gasteiger partial charge in [0.25, 0.3) is 0 Å². The molecule has 6 nitrogen and oxygen atoms in total. The standard InChI is InChI=1S/C19H16ClFN2O4S/c1-27-19(24)8-7-17-15-6-5-14(28(2,25)26)10-18(15)23(22-17)11-12-3-4-13(21)9-16(12)20/h3-10H,11H2,1-2H3/b8-7+. The minimum absolute atomic E-state index is 0.134. The van der Waals surface area contributed by atoms with Gasteiger partial charge in [0, 0.05) is 22.7 Å². The average Bonchev–Trinajstić information content (AvgIpc) is 2.98. The van der Waals surface area contributed by atoms with Crippen molar-refractivity contribution in [3.8, 4) is 0 Å². The molecule has 0 aliphatic heterocycles. The first-order chi connectivity index (χ1) is 13.2. The van der Waals surface area contributed by atoms with Crippen LogP contribution in [-0.4, -0.2) is 37.5 Å². The van der Waals surface area contributed by atoms with Gasteiger partial charge in [0.15, 0.2) is 9.84 Å². The number of carbonyl (C=O) groups excluding carboxylic acids is 1. The van der Waals surface area contributed by atoms with Crippen LogP contribution in [0, 0.1) is 5.82 Å². The fourth-order valence-electron chi connectivity index (χ4n) is 2.68. The topological polar surface area (TPSA) is 78.3 Å². The number of fused-ring (bicyclic) bond motifs is 1. The molecule has 0 aliphatic carbocycles. The third-order valence-electron chi connectivity index (χ3n) is 4.09. The molecule has 0 unspecified atom stereocenters. The number of hydrogen-bond acceptors (Lipinski definition) is 5. The first kappa shape index (κ1) is 20.0. The Hall–Kier alpha value is -2.71. The Kier molecular flexibility index (Phi) is 5.53. The molecule has 0 saturated heterocycles. The summed E-state index contributed by atoms with van der Waals surface area (Å²) in [4.78, 5) is 11.5. The first-order valence-electron chi connectivity index (χ1n) is 8.09. The summed E-state index contributed by atoms with van der Waals surface area (Å²) in [6.45, 7) is 0.189. The van der Waals surface area contributed by atoms with Crippen molar-refractivity contribution in [3.05, 3.63) is 64.6 Å². The number of sulfone groups is 1. The van der Waals surface area contributed by atoms with Crippen LogP contribution in [0.1, 0.15) is 11.3 Å². The van der Waals surface area contributed by atoms with E-state index in [1.54, 1.807) is 10.7 Å². The van der Waals surface area contributed by atoms with Gasteiger partial charge in [-0.3, -0.25) is 4.68 Å². The van der Waals surface area contributed by atoms with Gasteiger partial charge in [0.1, 0.15) is 5.82 Å². The summed E-state index contributed by atoms with van der Waals surface area (Å²) in [6, 6.07) is 8.62. The molecule has 0 fully saturated rings. The summed E-state index contributed by atoms with van der Waals surface area (Å²) in [5.41, 5.74) is 1.60. The molecule has 0 saturated carbocycles. The number of rotatable bonds is 5. The van der Waals surface area contributed by atoms with Gasteiger partial charge in [-0.2, -0.15) is 5.10 Å². The summed E-state index contributed by atoms with van der Waals surface area (Å²) in [5, 5.41) is 5.33. The third-order valence-corrected chi connectivity index (χ3v) is 5.56. The molecule has 0 N–H and O–H groups in total. The molecule has 146 valence electrons. The number of carbonyl (C=O) groups is 1. The minimum Gasteiger partial charge on any atom is -0.466 e. The van der Waals surface area contributed by atoms with Crippen LogP contribution in [0.2, 0.25) is 5.02 Å². The lowest BCUT2D eigenvalue weighted by Gasteiger charge is -2.07. The van der Waals surface area contributed by atoms with Crippen molar-refractivity contribution in [2.75, 3.05) is 13.4 Å². The lowest BCUT2D eigenvalue weighted by Crippen LogP contribution is -2.04. The van der Waals surface area contributed by atoms with Crippen LogP contribution in [0.15, 0.2) is 47.4 Å². The fourth-order valence-corrected chi connectivity index (χ4v) is 3.55. The van der Waals surface area contributed by atoms with Crippen LogP contribution in [-0.2, 0) is 25.9 Å². The molecule has 0 amide bonds. The number of nitrogens with zero attached hydrogens (tertiary/aromatic N) is 2. The van der Waals surface area contributed by atoms with E-state index in [-0.39, 0.29) is 16.5 Å². The van der Waals surface area contributed by atoms with Crippen LogP contribution in [0.5, 0.6) is 0 Å². The van der Waals surface area contributed by atoms with Crippen LogP contribution in [0.3, 0.4) is 0 Å². The predicted octanol–water partition coefficient (Wildman–Crippen LogP) is 3.47. The van der Waals surface area contributed by atoms with Gasteiger partial charge >= 0.3 is 5.97 Å². The maximum absolute atomic E-state index is 13.3. The van der Waals surface area contributed by atoms with Crippen molar-refractivity contribution in [1.29, 1.82) is 0 Å². The number of ether oxygens (including phenoxy) is 1. The van der Waals surface area contributed by atoms with E-state index in [0.29, 0.717) is 22.2 Å². The van der Waals surface area contributed by atoms with Crippen molar-refractivity contribution < 1.29 is 22.3 Å². The zero-order valence-corrected chi connectivity index (χ0v) is 16.6. The molecule has 3 aromatic rings. The van der Waals surface area contributed by atoms with E-state index < -0.39 is 21.6 Å². The first-order valence-corrected chi connectivity index (χ1v) is 10.4. The summed E-state index contributed by atoms with van der Waals surface area (Å²) < 4.78 is 43.3. The van der Waals surface area contributed by atoms with E-state index in [1.165, 1.54) is 49.6 Å². The molecular weight excluding hydrogens is 407 g/mol. The Morgan fingerprint density at radius 3 is 2.68 bits per heavy atom. The Labute approximate surface area is 166 Å². The highest BCUT2D eigenvalue weighted by Crippen LogP contribution is 2.26. The number of benzene rings is 2. The minimum atomic E-state index is -3.43. The van der Waals surface area contributed by atoms with Gasteiger partial charge in [0.2, 0.25) is 0 Å². The van der Waals surface area contributed by atoms with Gasteiger partial charge in [-0.05, 0) is 42.0 Å². The van der Waals surface area contributed by atoms with E-state index in [1.807, 2.05) is 0 Å². The Bertz CT molecular complexity index is 1200. The van der Waals surface area contributed by atoms with Crippen molar-refractivity contribution in [2.24, 2.45) is 0 Å². The number of hydrogen-bond donors (Lipinski definition) is 0. The van der Waals surface area contributed by atoms with Crippen LogP contribution >= 0.6 is 11.6 Å². The highest BCUT2D eigenvalue weighted by Gasteiger charge is 2.15. The molecule has 3 rings (SSSR count). The zero-order chi connectivity index (χ0) is 20.5. The van der Waals surface area contributed by atoms with E-state index in [9.17, 15) is 17.6 Å². The van der Waals surface area contributed by atoms with E-state index in [0.717, 1.165) is 6.26 Å². The molecule has 9 heteroatoms. The quantitative estimate of drug-likeness (QED) is 0.464. The Balaban J connectivity index is 2.15. The van der Waals surface area contributed by atoms with Gasteiger partial charge in [-0.15, -0.1) is 0 Å². The number of esters is 1. The maximum Gasteiger partial charge on any atom is 0.330 e. The van der Waals surface area contributed by atoms with Gasteiger partial charge in [-0.25, -0.2) is 17.6 Å². The largest absolute Gasteiger partial charge is 0.466 e. The average molecular weight is 423 g/mol. The molecule has 2 aromatic carbocycles. The van der Waals surface area contributed by atoms with Crippen molar-refractivity contribution in [2.45, 2.75) is 11.4 Å². The van der Waals surface area contributed by atoms with Gasteiger partial charge in [0.05, 0.1) is 29.8 Å². The highest BCUT2D eigenvalue weighted by molar-refractivity contribution is 7.90. The van der Waals surface area contributed by atoms with Crippen LogP contribution in [0.4, 0.5) is 4.39 Å². The molecular formula is C19H16ClFN2O4S. The molecule has 0 bridgehead atoms. The van der Waals surface area contributed by atoms with Crippen LogP contribution < -0.4 is 0 Å². The highest BCUT2D eigenvalue weighted by atomic mass is 35.5. The van der Waals surface area contributed by atoms with E-state index in [2.05, 4.69) is 9.84 Å². The second-order valence-electron chi connectivity index (χ2n) is 6.09. The van der Waals surface area contributed by atoms with Crippen molar-refractivity contribution >= 4 is 44.4 Å². The van der Waals surface area contributed by atoms with E-state index >= 15 is 0 Å². The fraction of sp³-hybridized carbons (Fsp3) is 0.158. The number of methoxy groups -OCH3 is 1. The van der Waals surface area contributed by atoms with Crippen LogP contribution in [0.25, 0.3) is 17.0 Å². The predicted molar refractivity (Wildman–Crippen MR) is 104 cm³/mol. The summed E-state index contributed by atoms with van der Waals surface area (Å²) in [7, 11) is -2.16. The lowest BCUT2D eigenvalue weighted by molar-refractivity contribution is -0.134. The smallest absolute Gasteiger partial charge is 0.330 e. The molecule has 1 aromatic heterocycles. The molecule has 0 radical (unpaired) electrons. The monoisotopic (exact) mass is 422 g/mol. The second kappa shape index (κ2) is 7.73. The zero-order valence-electron chi connectivity index (χ0n) is 15.0. The number of halogens is 2. The lowest BCUT2D eigenvalue weighted by atomic mass is 10.2. The summed E-state index contributed by atoms with van der Waals surface area (Å²) >= 11 is 6.11. The second-order valence-corrected chi connectivity index (χ2v) is 8.51. The van der Waals surface area contributed by atoms with Gasteiger partial charge < -0.3 is 4.74 Å². The maximum atomic E-state index is 13.3. The molecule has 0 atom stereocenters. The van der Waals surface area contributed by atoms with Gasteiger partial charge in [-0.1, -0.05) is 17.7 Å². The Morgan fingerprint density at radius 2 is 2.04 bits per heavy atom. The SMILES string of the molecule is COC(=O)/C=C/c1nn(Cc2ccc(F)cc2Cl)c2cc(S(C)(=O)=O)ccc12. The third kappa shape index (κ3) is 4.23.